The average Bonchev–Trinajstić information content (AvgIpc) is 3.23. The number of hydrogen-bond acceptors (Lipinski definition) is 2. The molecule has 4 aliphatic carbocycles. The van der Waals surface area contributed by atoms with Crippen molar-refractivity contribution < 1.29 is 9.18 Å². The summed E-state index contributed by atoms with van der Waals surface area (Å²) < 4.78 is 13.6. The first-order valence-corrected chi connectivity index (χ1v) is 9.04. The molecule has 0 spiro atoms. The summed E-state index contributed by atoms with van der Waals surface area (Å²) in [6, 6.07) is 3.10. The molecule has 4 saturated carbocycles. The zero-order chi connectivity index (χ0) is 15.7. The Hall–Kier alpha value is -1.45. The van der Waals surface area contributed by atoms with E-state index in [1.807, 2.05) is 0 Å². The van der Waals surface area contributed by atoms with Crippen LogP contribution in [0.4, 0.5) is 4.39 Å². The van der Waals surface area contributed by atoms with Gasteiger partial charge < -0.3 is 5.32 Å². The number of fused-ring (bicyclic) bond motifs is 4. The third-order valence-corrected chi connectivity index (χ3v) is 7.57. The molecule has 1 heterocycles. The molecule has 4 bridgehead atoms. The van der Waals surface area contributed by atoms with E-state index in [0.29, 0.717) is 12.5 Å². The molecule has 0 radical (unpaired) electrons. The number of hydrogen-bond donors (Lipinski definition) is 1. The zero-order valence-corrected chi connectivity index (χ0v) is 13.4. The zero-order valence-electron chi connectivity index (χ0n) is 13.4. The average molecular weight is 314 g/mol. The summed E-state index contributed by atoms with van der Waals surface area (Å²) in [4.78, 5) is 15.7. The topological polar surface area (TPSA) is 42.0 Å². The van der Waals surface area contributed by atoms with Gasteiger partial charge >= 0.3 is 0 Å². The lowest BCUT2D eigenvalue weighted by Crippen LogP contribution is -2.43. The molecule has 4 fully saturated rings. The molecule has 1 N–H and O–H groups in total. The molecule has 122 valence electrons. The Morgan fingerprint density at radius 3 is 2.83 bits per heavy atom. The molecule has 1 amide bonds. The Bertz CT molecular complexity index is 659. The van der Waals surface area contributed by atoms with Crippen LogP contribution >= 0.6 is 0 Å². The molecule has 0 aliphatic heterocycles. The SMILES string of the molecule is CC(CNC(=O)c1cccnc1F)C1C2CC3C4CC(CC42)C31. The predicted molar refractivity (Wildman–Crippen MR) is 84.0 cm³/mol. The van der Waals surface area contributed by atoms with Crippen molar-refractivity contribution in [3.05, 3.63) is 29.8 Å². The van der Waals surface area contributed by atoms with E-state index in [2.05, 4.69) is 17.2 Å². The van der Waals surface area contributed by atoms with Crippen LogP contribution in [0, 0.1) is 53.3 Å². The summed E-state index contributed by atoms with van der Waals surface area (Å²) in [5.41, 5.74) is 0.0522. The normalized spacial score (nSPS) is 43.3. The van der Waals surface area contributed by atoms with Crippen LogP contribution in [0.1, 0.15) is 36.5 Å². The van der Waals surface area contributed by atoms with Gasteiger partial charge in [0, 0.05) is 12.7 Å². The van der Waals surface area contributed by atoms with Crippen molar-refractivity contribution in [2.45, 2.75) is 26.2 Å². The predicted octanol–water partition coefficient (Wildman–Crippen LogP) is 3.12. The van der Waals surface area contributed by atoms with Crippen molar-refractivity contribution in [1.29, 1.82) is 0 Å². The van der Waals surface area contributed by atoms with Crippen LogP contribution in [0.25, 0.3) is 0 Å². The van der Waals surface area contributed by atoms with Crippen LogP contribution in [-0.2, 0) is 0 Å². The van der Waals surface area contributed by atoms with E-state index < -0.39 is 5.95 Å². The van der Waals surface area contributed by atoms with Gasteiger partial charge in [0.25, 0.3) is 5.91 Å². The van der Waals surface area contributed by atoms with Crippen molar-refractivity contribution in [2.24, 2.45) is 47.3 Å². The molecule has 4 heteroatoms. The summed E-state index contributed by atoms with van der Waals surface area (Å²) in [5, 5.41) is 2.94. The number of amides is 1. The van der Waals surface area contributed by atoms with Gasteiger partial charge in [-0.05, 0) is 78.7 Å². The van der Waals surface area contributed by atoms with Crippen molar-refractivity contribution in [2.75, 3.05) is 6.54 Å². The van der Waals surface area contributed by atoms with Gasteiger partial charge in [-0.3, -0.25) is 4.79 Å². The van der Waals surface area contributed by atoms with Crippen molar-refractivity contribution >= 4 is 5.91 Å². The van der Waals surface area contributed by atoms with E-state index in [4.69, 9.17) is 0 Å². The highest BCUT2D eigenvalue weighted by Crippen LogP contribution is 2.75. The number of rotatable bonds is 4. The maximum Gasteiger partial charge on any atom is 0.255 e. The van der Waals surface area contributed by atoms with Crippen molar-refractivity contribution in [3.8, 4) is 0 Å². The highest BCUT2D eigenvalue weighted by molar-refractivity contribution is 5.94. The summed E-state index contributed by atoms with van der Waals surface area (Å²) in [6.07, 6.45) is 5.77. The second kappa shape index (κ2) is 4.78. The maximum atomic E-state index is 13.6. The van der Waals surface area contributed by atoms with Gasteiger partial charge in [0.05, 0.1) is 5.56 Å². The number of carbonyl (C=O) groups is 1. The van der Waals surface area contributed by atoms with Crippen LogP contribution in [0.2, 0.25) is 0 Å². The third kappa shape index (κ3) is 1.81. The number of aromatic nitrogens is 1. The number of carbonyl (C=O) groups excluding carboxylic acids is 1. The molecular formula is C19H23FN2O. The van der Waals surface area contributed by atoms with Gasteiger partial charge in [-0.1, -0.05) is 6.92 Å². The van der Waals surface area contributed by atoms with E-state index in [-0.39, 0.29) is 11.5 Å². The fourth-order valence-corrected chi connectivity index (χ4v) is 7.07. The highest BCUT2D eigenvalue weighted by Gasteiger charge is 2.69. The van der Waals surface area contributed by atoms with Gasteiger partial charge in [0.15, 0.2) is 0 Å². The minimum Gasteiger partial charge on any atom is -0.352 e. The number of nitrogens with zero attached hydrogens (tertiary/aromatic N) is 1. The van der Waals surface area contributed by atoms with Gasteiger partial charge in [0.2, 0.25) is 5.95 Å². The molecule has 5 rings (SSSR count). The fraction of sp³-hybridized carbons (Fsp3) is 0.684. The third-order valence-electron chi connectivity index (χ3n) is 7.57. The summed E-state index contributed by atoms with van der Waals surface area (Å²) in [7, 11) is 0. The van der Waals surface area contributed by atoms with Gasteiger partial charge in [0.1, 0.15) is 0 Å². The molecule has 23 heavy (non-hydrogen) atoms. The second-order valence-electron chi connectivity index (χ2n) is 8.31. The lowest BCUT2D eigenvalue weighted by molar-refractivity contribution is 0.0373. The molecular weight excluding hydrogens is 291 g/mol. The molecule has 3 nitrogen and oxygen atoms in total. The summed E-state index contributed by atoms with van der Waals surface area (Å²) >= 11 is 0. The molecule has 1 aromatic heterocycles. The smallest absolute Gasteiger partial charge is 0.255 e. The Morgan fingerprint density at radius 1 is 1.30 bits per heavy atom. The number of nitrogens with one attached hydrogen (secondary N) is 1. The molecule has 0 aromatic carbocycles. The summed E-state index contributed by atoms with van der Waals surface area (Å²) in [6.45, 7) is 2.93. The van der Waals surface area contributed by atoms with Crippen LogP contribution < -0.4 is 5.32 Å². The lowest BCUT2D eigenvalue weighted by Gasteiger charge is -2.44. The van der Waals surface area contributed by atoms with Gasteiger partial charge in [-0.2, -0.15) is 4.39 Å². The monoisotopic (exact) mass is 314 g/mol. The Balaban J connectivity index is 1.26. The van der Waals surface area contributed by atoms with Crippen LogP contribution in [0.15, 0.2) is 18.3 Å². The van der Waals surface area contributed by atoms with E-state index in [9.17, 15) is 9.18 Å². The molecule has 8 unspecified atom stereocenters. The van der Waals surface area contributed by atoms with Gasteiger partial charge in [-0.15, -0.1) is 0 Å². The quantitative estimate of drug-likeness (QED) is 0.868. The second-order valence-corrected chi connectivity index (χ2v) is 8.31. The van der Waals surface area contributed by atoms with E-state index >= 15 is 0 Å². The lowest BCUT2D eigenvalue weighted by atomic mass is 9.61. The van der Waals surface area contributed by atoms with Crippen molar-refractivity contribution in [1.82, 2.24) is 10.3 Å². The molecule has 1 aromatic rings. The maximum absolute atomic E-state index is 13.6. The van der Waals surface area contributed by atoms with Crippen LogP contribution in [-0.4, -0.2) is 17.4 Å². The van der Waals surface area contributed by atoms with Crippen LogP contribution in [0.3, 0.4) is 0 Å². The van der Waals surface area contributed by atoms with Crippen LogP contribution in [0.5, 0.6) is 0 Å². The first-order chi connectivity index (χ1) is 11.1. The van der Waals surface area contributed by atoms with Gasteiger partial charge in [-0.25, -0.2) is 4.98 Å². The highest BCUT2D eigenvalue weighted by atomic mass is 19.1. The minimum absolute atomic E-state index is 0.0522. The Labute approximate surface area is 136 Å². The van der Waals surface area contributed by atoms with E-state index in [1.165, 1.54) is 31.5 Å². The first kappa shape index (κ1) is 13.9. The fourth-order valence-electron chi connectivity index (χ4n) is 7.07. The van der Waals surface area contributed by atoms with Crippen molar-refractivity contribution in [3.63, 3.8) is 0 Å². The number of halogens is 1. The standard InChI is InChI=1S/C19H23FN2O/c1-9(8-22-19(23)11-3-2-4-21-18(11)20)16-14-7-15-13-6-10(17(15)16)5-12(13)14/h2-4,9-10,12-17H,5-8H2,1H3,(H,22,23). The largest absolute Gasteiger partial charge is 0.352 e. The van der Waals surface area contributed by atoms with E-state index in [0.717, 1.165) is 41.4 Å². The molecule has 0 saturated heterocycles. The Morgan fingerprint density at radius 2 is 2.09 bits per heavy atom. The van der Waals surface area contributed by atoms with E-state index in [1.54, 1.807) is 6.07 Å². The Kier molecular flexibility index (Phi) is 2.90. The number of pyridine rings is 1. The molecule has 4 aliphatic rings. The summed E-state index contributed by atoms with van der Waals surface area (Å²) in [5.74, 6) is 6.04. The molecule has 8 atom stereocenters. The first-order valence-electron chi connectivity index (χ1n) is 9.04. The minimum atomic E-state index is -0.683.